The minimum Gasteiger partial charge on any atom is -0.382 e. The van der Waals surface area contributed by atoms with Crippen molar-refractivity contribution in [2.75, 3.05) is 6.26 Å². The highest BCUT2D eigenvalue weighted by molar-refractivity contribution is 7.86. The summed E-state index contributed by atoms with van der Waals surface area (Å²) in [6.07, 6.45) is 3.99. The van der Waals surface area contributed by atoms with E-state index in [-0.39, 0.29) is 17.1 Å². The lowest BCUT2D eigenvalue weighted by Gasteiger charge is -2.06. The zero-order valence-corrected chi connectivity index (χ0v) is 12.2. The van der Waals surface area contributed by atoms with Crippen molar-refractivity contribution in [3.63, 3.8) is 0 Å². The van der Waals surface area contributed by atoms with Crippen molar-refractivity contribution < 1.29 is 17.4 Å². The maximum absolute atomic E-state index is 12.2. The summed E-state index contributed by atoms with van der Waals surface area (Å²) in [5.74, 6) is -0.291. The van der Waals surface area contributed by atoms with Crippen molar-refractivity contribution in [2.45, 2.75) is 0 Å². The van der Waals surface area contributed by atoms with Crippen LogP contribution in [0.25, 0.3) is 6.08 Å². The van der Waals surface area contributed by atoms with E-state index in [2.05, 4.69) is 0 Å². The molecule has 0 saturated heterocycles. The summed E-state index contributed by atoms with van der Waals surface area (Å²) in [7, 11) is -3.68. The maximum Gasteiger partial charge on any atom is 0.306 e. The van der Waals surface area contributed by atoms with Gasteiger partial charge in [-0.1, -0.05) is 48.5 Å². The van der Waals surface area contributed by atoms with E-state index >= 15 is 0 Å². The lowest BCUT2D eigenvalue weighted by Crippen LogP contribution is -2.09. The molecule has 0 radical (unpaired) electrons. The van der Waals surface area contributed by atoms with Crippen LogP contribution >= 0.6 is 0 Å². The van der Waals surface area contributed by atoms with Crippen LogP contribution in [0.15, 0.2) is 60.7 Å². The molecule has 0 unspecified atom stereocenters. The second-order valence-corrected chi connectivity index (χ2v) is 5.97. The van der Waals surface area contributed by atoms with Crippen molar-refractivity contribution in [1.29, 1.82) is 0 Å². The van der Waals surface area contributed by atoms with Crippen molar-refractivity contribution in [2.24, 2.45) is 0 Å². The van der Waals surface area contributed by atoms with Crippen LogP contribution in [0.4, 0.5) is 0 Å². The van der Waals surface area contributed by atoms with E-state index in [1.165, 1.54) is 18.2 Å². The Morgan fingerprint density at radius 1 is 1.00 bits per heavy atom. The molecule has 0 fully saturated rings. The number of allylic oxidation sites excluding steroid dienone is 1. The Hall–Kier alpha value is -2.40. The molecule has 0 bridgehead atoms. The predicted molar refractivity (Wildman–Crippen MR) is 81.7 cm³/mol. The fraction of sp³-hybridized carbons (Fsp3) is 0.0625. The summed E-state index contributed by atoms with van der Waals surface area (Å²) in [4.78, 5) is 12.2. The van der Waals surface area contributed by atoms with E-state index in [9.17, 15) is 13.2 Å². The molecule has 0 N–H and O–H groups in total. The number of carbonyl (C=O) groups excluding carboxylic acids is 1. The summed E-state index contributed by atoms with van der Waals surface area (Å²) >= 11 is 0. The molecule has 0 heterocycles. The third-order valence-corrected chi connectivity index (χ3v) is 3.10. The highest BCUT2D eigenvalue weighted by atomic mass is 32.2. The smallest absolute Gasteiger partial charge is 0.306 e. The van der Waals surface area contributed by atoms with Gasteiger partial charge in [-0.3, -0.25) is 4.79 Å². The van der Waals surface area contributed by atoms with E-state index in [1.807, 2.05) is 30.3 Å². The van der Waals surface area contributed by atoms with Crippen LogP contribution in [0.1, 0.15) is 15.9 Å². The summed E-state index contributed by atoms with van der Waals surface area (Å²) in [5.41, 5.74) is 1.09. The van der Waals surface area contributed by atoms with Crippen LogP contribution in [0, 0.1) is 0 Å². The maximum atomic E-state index is 12.2. The first-order valence-electron chi connectivity index (χ1n) is 6.22. The summed E-state index contributed by atoms with van der Waals surface area (Å²) in [5, 5.41) is 0. The van der Waals surface area contributed by atoms with Crippen molar-refractivity contribution >= 4 is 22.0 Å². The molecule has 0 aromatic heterocycles. The first-order valence-corrected chi connectivity index (χ1v) is 8.03. The van der Waals surface area contributed by atoms with Gasteiger partial charge >= 0.3 is 10.1 Å². The van der Waals surface area contributed by atoms with Gasteiger partial charge in [-0.15, -0.1) is 0 Å². The van der Waals surface area contributed by atoms with Crippen molar-refractivity contribution in [1.82, 2.24) is 0 Å². The topological polar surface area (TPSA) is 60.4 Å². The molecule has 5 heteroatoms. The molecule has 0 amide bonds. The van der Waals surface area contributed by atoms with Gasteiger partial charge in [0, 0.05) is 0 Å². The number of para-hydroxylation sites is 1. The second kappa shape index (κ2) is 6.37. The molecule has 21 heavy (non-hydrogen) atoms. The summed E-state index contributed by atoms with van der Waals surface area (Å²) in [6.45, 7) is 0. The number of carbonyl (C=O) groups is 1. The quantitative estimate of drug-likeness (QED) is 0.484. The zero-order valence-electron chi connectivity index (χ0n) is 11.4. The molecule has 4 nitrogen and oxygen atoms in total. The number of rotatable bonds is 5. The number of hydrogen-bond acceptors (Lipinski definition) is 4. The molecule has 108 valence electrons. The highest BCUT2D eigenvalue weighted by Gasteiger charge is 2.13. The van der Waals surface area contributed by atoms with Gasteiger partial charge in [0.25, 0.3) is 0 Å². The Morgan fingerprint density at radius 3 is 2.29 bits per heavy atom. The first kappa shape index (κ1) is 15.0. The normalized spacial score (nSPS) is 11.5. The van der Waals surface area contributed by atoms with Gasteiger partial charge < -0.3 is 4.18 Å². The van der Waals surface area contributed by atoms with E-state index in [4.69, 9.17) is 4.18 Å². The molecule has 0 aliphatic rings. The fourth-order valence-electron chi connectivity index (χ4n) is 1.73. The Morgan fingerprint density at radius 2 is 1.62 bits per heavy atom. The van der Waals surface area contributed by atoms with Gasteiger partial charge in [-0.25, -0.2) is 0 Å². The SMILES string of the molecule is CS(=O)(=O)Oc1ccccc1C(=O)/C=C/c1ccccc1. The van der Waals surface area contributed by atoms with Crippen LogP contribution < -0.4 is 4.18 Å². The van der Waals surface area contributed by atoms with Crippen molar-refractivity contribution in [3.8, 4) is 5.75 Å². The van der Waals surface area contributed by atoms with Crippen LogP contribution in [0.2, 0.25) is 0 Å². The average Bonchev–Trinajstić information content (AvgIpc) is 2.45. The number of benzene rings is 2. The van der Waals surface area contributed by atoms with Gasteiger partial charge in [-0.05, 0) is 23.8 Å². The van der Waals surface area contributed by atoms with Gasteiger partial charge in [0.2, 0.25) is 0 Å². The van der Waals surface area contributed by atoms with Gasteiger partial charge in [0.1, 0.15) is 0 Å². The van der Waals surface area contributed by atoms with E-state index in [1.54, 1.807) is 18.2 Å². The van der Waals surface area contributed by atoms with Crippen LogP contribution in [0.3, 0.4) is 0 Å². The standard InChI is InChI=1S/C16H14O4S/c1-21(18,19)20-16-10-6-5-9-14(16)15(17)12-11-13-7-3-2-4-8-13/h2-12H,1H3/b12-11+. The molecule has 0 atom stereocenters. The van der Waals surface area contributed by atoms with Gasteiger partial charge in [-0.2, -0.15) is 8.42 Å². The van der Waals surface area contributed by atoms with Crippen molar-refractivity contribution in [3.05, 3.63) is 71.8 Å². The molecular formula is C16H14O4S. The van der Waals surface area contributed by atoms with Gasteiger partial charge in [0.15, 0.2) is 11.5 Å². The molecular weight excluding hydrogens is 288 g/mol. The lowest BCUT2D eigenvalue weighted by molar-refractivity contribution is 0.104. The Labute approximate surface area is 123 Å². The molecule has 0 saturated carbocycles. The lowest BCUT2D eigenvalue weighted by atomic mass is 10.1. The monoisotopic (exact) mass is 302 g/mol. The molecule has 2 aromatic rings. The largest absolute Gasteiger partial charge is 0.382 e. The molecule has 2 aromatic carbocycles. The number of hydrogen-bond donors (Lipinski definition) is 0. The second-order valence-electron chi connectivity index (χ2n) is 4.39. The van der Waals surface area contributed by atoms with E-state index in [0.29, 0.717) is 0 Å². The minimum absolute atomic E-state index is 0.0303. The Kier molecular flexibility index (Phi) is 4.55. The highest BCUT2D eigenvalue weighted by Crippen LogP contribution is 2.20. The van der Waals surface area contributed by atoms with E-state index < -0.39 is 10.1 Å². The molecule has 0 spiro atoms. The van der Waals surface area contributed by atoms with Crippen LogP contribution in [-0.4, -0.2) is 20.5 Å². The summed E-state index contributed by atoms with van der Waals surface area (Å²) < 4.78 is 27.2. The van der Waals surface area contributed by atoms with Crippen LogP contribution in [-0.2, 0) is 10.1 Å². The third kappa shape index (κ3) is 4.57. The van der Waals surface area contributed by atoms with Gasteiger partial charge in [0.05, 0.1) is 11.8 Å². The summed E-state index contributed by atoms with van der Waals surface area (Å²) in [6, 6.07) is 15.6. The van der Waals surface area contributed by atoms with E-state index in [0.717, 1.165) is 11.8 Å². The third-order valence-electron chi connectivity index (χ3n) is 2.62. The first-order chi connectivity index (χ1) is 9.96. The fourth-order valence-corrected chi connectivity index (χ4v) is 2.20. The Bertz CT molecular complexity index is 762. The molecule has 0 aliphatic heterocycles. The molecule has 2 rings (SSSR count). The average molecular weight is 302 g/mol. The predicted octanol–water partition coefficient (Wildman–Crippen LogP) is 2.92. The molecule has 0 aliphatic carbocycles. The van der Waals surface area contributed by atoms with Crippen LogP contribution in [0.5, 0.6) is 5.75 Å². The zero-order chi connectivity index (χ0) is 15.3. The Balaban J connectivity index is 2.26. The minimum atomic E-state index is -3.68. The number of ketones is 1.